The van der Waals surface area contributed by atoms with E-state index < -0.39 is 11.6 Å². The third kappa shape index (κ3) is 7.20. The highest BCUT2D eigenvalue weighted by molar-refractivity contribution is 5.35. The van der Waals surface area contributed by atoms with Crippen LogP contribution < -0.4 is 5.32 Å². The van der Waals surface area contributed by atoms with Crippen LogP contribution in [0.2, 0.25) is 0 Å². The Kier molecular flexibility index (Phi) is 9.75. The molecule has 1 atom stereocenters. The van der Waals surface area contributed by atoms with Crippen molar-refractivity contribution in [1.82, 2.24) is 5.32 Å². The van der Waals surface area contributed by atoms with E-state index in [-0.39, 0.29) is 6.10 Å². The standard InChI is InChI=1S/C25H35F2NO/c1-5-20(6-2)16-28-17-24(25-18(3)9-7-10-19(25)4)29-14-8-11-21-12-13-22(26)15-23(21)27/h7,9-10,12-13,15,20,24,28H,5-6,8,11,14,16-17H2,1-4H3. The minimum atomic E-state index is -0.541. The van der Waals surface area contributed by atoms with Gasteiger partial charge in [-0.1, -0.05) is 51.0 Å². The lowest BCUT2D eigenvalue weighted by Crippen LogP contribution is -2.29. The number of ether oxygens (including phenoxy) is 1. The van der Waals surface area contributed by atoms with Crippen molar-refractivity contribution < 1.29 is 13.5 Å². The van der Waals surface area contributed by atoms with E-state index in [0.29, 0.717) is 30.9 Å². The molecule has 1 N–H and O–H groups in total. The largest absolute Gasteiger partial charge is 0.372 e. The second-order valence-corrected chi connectivity index (χ2v) is 7.84. The van der Waals surface area contributed by atoms with Crippen LogP contribution >= 0.6 is 0 Å². The molecule has 2 nitrogen and oxygen atoms in total. The van der Waals surface area contributed by atoms with Crippen molar-refractivity contribution in [3.05, 3.63) is 70.3 Å². The van der Waals surface area contributed by atoms with Gasteiger partial charge in [-0.05, 0) is 67.5 Å². The second kappa shape index (κ2) is 12.0. The molecule has 4 heteroatoms. The summed E-state index contributed by atoms with van der Waals surface area (Å²) in [6, 6.07) is 10.1. The summed E-state index contributed by atoms with van der Waals surface area (Å²) in [7, 11) is 0. The Morgan fingerprint density at radius 3 is 2.28 bits per heavy atom. The minimum Gasteiger partial charge on any atom is -0.372 e. The van der Waals surface area contributed by atoms with Gasteiger partial charge in [0.1, 0.15) is 11.6 Å². The second-order valence-electron chi connectivity index (χ2n) is 7.84. The number of benzene rings is 2. The number of hydrogen-bond acceptors (Lipinski definition) is 2. The van der Waals surface area contributed by atoms with Crippen LogP contribution in [0.3, 0.4) is 0 Å². The van der Waals surface area contributed by atoms with Gasteiger partial charge in [-0.2, -0.15) is 0 Å². The molecule has 0 aliphatic rings. The molecule has 0 aliphatic heterocycles. The van der Waals surface area contributed by atoms with Gasteiger partial charge in [0.25, 0.3) is 0 Å². The van der Waals surface area contributed by atoms with E-state index in [1.54, 1.807) is 0 Å². The SMILES string of the molecule is CCC(CC)CNCC(OCCCc1ccc(F)cc1F)c1c(C)cccc1C. The van der Waals surface area contributed by atoms with Crippen LogP contribution in [-0.4, -0.2) is 19.7 Å². The average molecular weight is 404 g/mol. The van der Waals surface area contributed by atoms with E-state index >= 15 is 0 Å². The summed E-state index contributed by atoms with van der Waals surface area (Å²) in [6.45, 7) is 11.0. The summed E-state index contributed by atoms with van der Waals surface area (Å²) < 4.78 is 33.2. The van der Waals surface area contributed by atoms with E-state index in [1.165, 1.54) is 41.7 Å². The molecule has 0 radical (unpaired) electrons. The molecule has 160 valence electrons. The zero-order valence-corrected chi connectivity index (χ0v) is 18.2. The first-order valence-corrected chi connectivity index (χ1v) is 10.8. The van der Waals surface area contributed by atoms with Crippen LogP contribution in [0.4, 0.5) is 8.78 Å². The molecule has 0 aromatic heterocycles. The van der Waals surface area contributed by atoms with Crippen LogP contribution in [0.25, 0.3) is 0 Å². The van der Waals surface area contributed by atoms with Gasteiger partial charge in [0.2, 0.25) is 0 Å². The lowest BCUT2D eigenvalue weighted by atomic mass is 9.97. The van der Waals surface area contributed by atoms with Gasteiger partial charge < -0.3 is 10.1 Å². The quantitative estimate of drug-likeness (QED) is 0.420. The first-order valence-electron chi connectivity index (χ1n) is 10.8. The minimum absolute atomic E-state index is 0.0383. The highest BCUT2D eigenvalue weighted by Crippen LogP contribution is 2.25. The molecule has 0 heterocycles. The Balaban J connectivity index is 1.97. The van der Waals surface area contributed by atoms with Crippen molar-refractivity contribution in [2.24, 2.45) is 5.92 Å². The van der Waals surface area contributed by atoms with Gasteiger partial charge in [-0.25, -0.2) is 8.78 Å². The van der Waals surface area contributed by atoms with E-state index in [9.17, 15) is 8.78 Å². The summed E-state index contributed by atoms with van der Waals surface area (Å²) in [5.41, 5.74) is 4.22. The van der Waals surface area contributed by atoms with Gasteiger partial charge in [0, 0.05) is 19.2 Å². The summed E-state index contributed by atoms with van der Waals surface area (Å²) in [4.78, 5) is 0. The monoisotopic (exact) mass is 403 g/mol. The molecule has 0 bridgehead atoms. The van der Waals surface area contributed by atoms with Crippen LogP contribution in [-0.2, 0) is 11.2 Å². The Morgan fingerprint density at radius 2 is 1.66 bits per heavy atom. The lowest BCUT2D eigenvalue weighted by Gasteiger charge is -2.24. The van der Waals surface area contributed by atoms with Gasteiger partial charge in [-0.3, -0.25) is 0 Å². The van der Waals surface area contributed by atoms with Gasteiger partial charge in [0.05, 0.1) is 6.10 Å². The van der Waals surface area contributed by atoms with E-state index in [1.807, 2.05) is 0 Å². The third-order valence-corrected chi connectivity index (χ3v) is 5.71. The van der Waals surface area contributed by atoms with Crippen LogP contribution in [0.1, 0.15) is 61.5 Å². The summed E-state index contributed by atoms with van der Waals surface area (Å²) in [5.74, 6) is -0.348. The van der Waals surface area contributed by atoms with Crippen molar-refractivity contribution in [2.75, 3.05) is 19.7 Å². The smallest absolute Gasteiger partial charge is 0.129 e. The predicted octanol–water partition coefficient (Wildman–Crippen LogP) is 6.30. The van der Waals surface area contributed by atoms with Crippen molar-refractivity contribution in [1.29, 1.82) is 0 Å². The fourth-order valence-electron chi connectivity index (χ4n) is 3.79. The Bertz CT molecular complexity index is 738. The predicted molar refractivity (Wildman–Crippen MR) is 116 cm³/mol. The maximum Gasteiger partial charge on any atom is 0.129 e. The molecule has 0 spiro atoms. The molecule has 2 rings (SSSR count). The molecule has 0 saturated carbocycles. The molecule has 0 aliphatic carbocycles. The number of hydrogen-bond donors (Lipinski definition) is 1. The van der Waals surface area contributed by atoms with Crippen molar-refractivity contribution in [2.45, 2.75) is 59.5 Å². The van der Waals surface area contributed by atoms with E-state index in [4.69, 9.17) is 4.74 Å². The Labute approximate surface area is 174 Å². The highest BCUT2D eigenvalue weighted by atomic mass is 19.1. The topological polar surface area (TPSA) is 21.3 Å². The number of nitrogens with one attached hydrogen (secondary N) is 1. The third-order valence-electron chi connectivity index (χ3n) is 5.71. The van der Waals surface area contributed by atoms with Gasteiger partial charge in [-0.15, -0.1) is 0 Å². The van der Waals surface area contributed by atoms with E-state index in [2.05, 4.69) is 51.2 Å². The van der Waals surface area contributed by atoms with Crippen molar-refractivity contribution >= 4 is 0 Å². The maximum atomic E-state index is 13.8. The fourth-order valence-corrected chi connectivity index (χ4v) is 3.79. The molecule has 2 aromatic rings. The van der Waals surface area contributed by atoms with Crippen molar-refractivity contribution in [3.8, 4) is 0 Å². The molecule has 0 fully saturated rings. The van der Waals surface area contributed by atoms with E-state index in [0.717, 1.165) is 19.2 Å². The molecule has 2 aromatic carbocycles. The molecular formula is C25H35F2NO. The molecule has 1 unspecified atom stereocenters. The number of aryl methyl sites for hydroxylation is 3. The number of rotatable bonds is 12. The average Bonchev–Trinajstić information content (AvgIpc) is 2.69. The fraction of sp³-hybridized carbons (Fsp3) is 0.520. The van der Waals surface area contributed by atoms with Crippen LogP contribution in [0, 0.1) is 31.4 Å². The molecule has 29 heavy (non-hydrogen) atoms. The first kappa shape index (κ1) is 23.5. The first-order chi connectivity index (χ1) is 14.0. The zero-order chi connectivity index (χ0) is 21.2. The van der Waals surface area contributed by atoms with Crippen molar-refractivity contribution in [3.63, 3.8) is 0 Å². The number of halogens is 2. The lowest BCUT2D eigenvalue weighted by molar-refractivity contribution is 0.0495. The Morgan fingerprint density at radius 1 is 0.966 bits per heavy atom. The van der Waals surface area contributed by atoms with Crippen LogP contribution in [0.5, 0.6) is 0 Å². The summed E-state index contributed by atoms with van der Waals surface area (Å²) >= 11 is 0. The Hall–Kier alpha value is -1.78. The highest BCUT2D eigenvalue weighted by Gasteiger charge is 2.17. The normalized spacial score (nSPS) is 12.5. The van der Waals surface area contributed by atoms with Gasteiger partial charge in [0.15, 0.2) is 0 Å². The molecule has 0 amide bonds. The van der Waals surface area contributed by atoms with Gasteiger partial charge >= 0.3 is 0 Å². The summed E-state index contributed by atoms with van der Waals surface area (Å²) in [6.07, 6.45) is 3.52. The van der Waals surface area contributed by atoms with Crippen LogP contribution in [0.15, 0.2) is 36.4 Å². The summed E-state index contributed by atoms with van der Waals surface area (Å²) in [5, 5.41) is 3.59. The molecule has 0 saturated heterocycles. The molecular weight excluding hydrogens is 368 g/mol. The zero-order valence-electron chi connectivity index (χ0n) is 18.2. The maximum absolute atomic E-state index is 13.8.